The normalized spacial score (nSPS) is 10.3. The molecule has 108 valence electrons. The molecule has 3 nitrogen and oxygen atoms in total. The second kappa shape index (κ2) is 6.84. The van der Waals surface area contributed by atoms with E-state index in [0.717, 1.165) is 18.4 Å². The van der Waals surface area contributed by atoms with E-state index in [4.69, 9.17) is 5.11 Å². The molecule has 2 rings (SSSR count). The number of ketones is 1. The van der Waals surface area contributed by atoms with Crippen molar-refractivity contribution in [1.82, 2.24) is 0 Å². The molecule has 0 saturated carbocycles. The second-order valence-corrected chi connectivity index (χ2v) is 5.21. The average molecular weight is 282 g/mol. The van der Waals surface area contributed by atoms with Crippen LogP contribution in [0.1, 0.15) is 22.3 Å². The third-order valence-electron chi connectivity index (χ3n) is 3.45. The molecule has 2 aromatic rings. The Morgan fingerprint density at radius 1 is 0.810 bits per heavy atom. The number of carbonyl (C=O) groups is 2. The summed E-state index contributed by atoms with van der Waals surface area (Å²) in [5.74, 6) is -2.15. The van der Waals surface area contributed by atoms with E-state index in [-0.39, 0.29) is 6.42 Å². The maximum Gasteiger partial charge on any atom is 0.372 e. The van der Waals surface area contributed by atoms with E-state index in [9.17, 15) is 9.59 Å². The number of carboxylic acids is 1. The first-order valence-corrected chi connectivity index (χ1v) is 6.94. The maximum absolute atomic E-state index is 11.1. The largest absolute Gasteiger partial charge is 0.475 e. The van der Waals surface area contributed by atoms with Crippen molar-refractivity contribution in [2.75, 3.05) is 0 Å². The Morgan fingerprint density at radius 3 is 1.71 bits per heavy atom. The van der Waals surface area contributed by atoms with Crippen LogP contribution in [-0.2, 0) is 28.9 Å². The van der Waals surface area contributed by atoms with E-state index < -0.39 is 11.8 Å². The number of aryl methyl sites for hydroxylation is 3. The van der Waals surface area contributed by atoms with Gasteiger partial charge in [0.2, 0.25) is 5.78 Å². The predicted molar refractivity (Wildman–Crippen MR) is 81.4 cm³/mol. The molecular formula is C18H18O3. The van der Waals surface area contributed by atoms with Crippen LogP contribution in [0.3, 0.4) is 0 Å². The first-order chi connectivity index (χ1) is 10.0. The van der Waals surface area contributed by atoms with Crippen LogP contribution >= 0.6 is 0 Å². The first-order valence-electron chi connectivity index (χ1n) is 6.94. The van der Waals surface area contributed by atoms with Gasteiger partial charge in [-0.05, 0) is 36.5 Å². The fraction of sp³-hybridized carbons (Fsp3) is 0.222. The quantitative estimate of drug-likeness (QED) is 0.829. The Labute approximate surface area is 124 Å². The molecule has 0 aliphatic heterocycles. The van der Waals surface area contributed by atoms with Gasteiger partial charge < -0.3 is 5.11 Å². The fourth-order valence-corrected chi connectivity index (χ4v) is 2.13. The van der Waals surface area contributed by atoms with Crippen LogP contribution in [0.25, 0.3) is 0 Å². The number of carboxylic acid groups (broad SMARTS) is 1. The van der Waals surface area contributed by atoms with Crippen LogP contribution < -0.4 is 0 Å². The summed E-state index contributed by atoms with van der Waals surface area (Å²) in [5.41, 5.74) is 4.47. The highest BCUT2D eigenvalue weighted by molar-refractivity contribution is 6.33. The van der Waals surface area contributed by atoms with Gasteiger partial charge in [-0.25, -0.2) is 4.79 Å². The van der Waals surface area contributed by atoms with Gasteiger partial charge in [-0.3, -0.25) is 4.79 Å². The second-order valence-electron chi connectivity index (χ2n) is 5.21. The van der Waals surface area contributed by atoms with Crippen LogP contribution in [0.2, 0.25) is 0 Å². The van der Waals surface area contributed by atoms with Gasteiger partial charge in [-0.1, -0.05) is 54.1 Å². The predicted octanol–water partition coefficient (Wildman–Crippen LogP) is 2.98. The molecule has 0 saturated heterocycles. The van der Waals surface area contributed by atoms with Gasteiger partial charge in [0.25, 0.3) is 0 Å². The zero-order valence-corrected chi connectivity index (χ0v) is 12.0. The summed E-state index contributed by atoms with van der Waals surface area (Å²) in [5, 5.41) is 8.58. The number of aliphatic carboxylic acids is 1. The third kappa shape index (κ3) is 4.56. The van der Waals surface area contributed by atoms with Gasteiger partial charge in [0.15, 0.2) is 0 Å². The molecule has 3 heteroatoms. The summed E-state index contributed by atoms with van der Waals surface area (Å²) in [7, 11) is 0. The highest BCUT2D eigenvalue weighted by Gasteiger charge is 2.11. The lowest BCUT2D eigenvalue weighted by Crippen LogP contribution is -2.14. The summed E-state index contributed by atoms with van der Waals surface area (Å²) in [4.78, 5) is 21.6. The SMILES string of the molecule is Cc1ccc(CCc2ccc(CC(=O)C(=O)O)cc2)cc1. The molecule has 0 atom stereocenters. The van der Waals surface area contributed by atoms with Crippen LogP contribution in [0.15, 0.2) is 48.5 Å². The summed E-state index contributed by atoms with van der Waals surface area (Å²) in [6, 6.07) is 16.0. The maximum atomic E-state index is 11.1. The third-order valence-corrected chi connectivity index (χ3v) is 3.45. The van der Waals surface area contributed by atoms with Gasteiger partial charge in [0, 0.05) is 6.42 Å². The van der Waals surface area contributed by atoms with Crippen molar-refractivity contribution in [2.45, 2.75) is 26.2 Å². The van der Waals surface area contributed by atoms with E-state index in [0.29, 0.717) is 0 Å². The van der Waals surface area contributed by atoms with Crippen molar-refractivity contribution in [3.05, 3.63) is 70.8 Å². The van der Waals surface area contributed by atoms with E-state index in [1.807, 2.05) is 24.3 Å². The summed E-state index contributed by atoms with van der Waals surface area (Å²) < 4.78 is 0. The molecule has 0 radical (unpaired) electrons. The van der Waals surface area contributed by atoms with Crippen molar-refractivity contribution < 1.29 is 14.7 Å². The topological polar surface area (TPSA) is 54.4 Å². The molecule has 0 heterocycles. The van der Waals surface area contributed by atoms with E-state index >= 15 is 0 Å². The Bertz CT molecular complexity index is 625. The number of hydrogen-bond donors (Lipinski definition) is 1. The Balaban J connectivity index is 1.91. The highest BCUT2D eigenvalue weighted by Crippen LogP contribution is 2.11. The number of benzene rings is 2. The highest BCUT2D eigenvalue weighted by atomic mass is 16.4. The van der Waals surface area contributed by atoms with Crippen molar-refractivity contribution in [3.63, 3.8) is 0 Å². The molecule has 0 aliphatic rings. The van der Waals surface area contributed by atoms with E-state index in [2.05, 4.69) is 31.2 Å². The molecular weight excluding hydrogens is 264 g/mol. The molecule has 2 aromatic carbocycles. The molecule has 0 unspecified atom stereocenters. The summed E-state index contributed by atoms with van der Waals surface area (Å²) in [6.07, 6.45) is 1.84. The number of hydrogen-bond acceptors (Lipinski definition) is 2. The number of Topliss-reactive ketones (excluding diaryl/α,β-unsaturated/α-hetero) is 1. The van der Waals surface area contributed by atoms with Gasteiger partial charge in [-0.2, -0.15) is 0 Å². The van der Waals surface area contributed by atoms with Crippen LogP contribution in [0.4, 0.5) is 0 Å². The van der Waals surface area contributed by atoms with Crippen molar-refractivity contribution in [1.29, 1.82) is 0 Å². The van der Waals surface area contributed by atoms with Gasteiger partial charge >= 0.3 is 5.97 Å². The smallest absolute Gasteiger partial charge is 0.372 e. The Kier molecular flexibility index (Phi) is 4.88. The van der Waals surface area contributed by atoms with E-state index in [1.165, 1.54) is 16.7 Å². The molecule has 0 aliphatic carbocycles. The zero-order valence-electron chi connectivity index (χ0n) is 12.0. The monoisotopic (exact) mass is 282 g/mol. The molecule has 0 bridgehead atoms. The minimum atomic E-state index is -1.38. The van der Waals surface area contributed by atoms with Gasteiger partial charge in [-0.15, -0.1) is 0 Å². The molecule has 21 heavy (non-hydrogen) atoms. The van der Waals surface area contributed by atoms with Crippen molar-refractivity contribution in [3.8, 4) is 0 Å². The minimum absolute atomic E-state index is 0.0480. The molecule has 0 fully saturated rings. The number of carbonyl (C=O) groups excluding carboxylic acids is 1. The minimum Gasteiger partial charge on any atom is -0.475 e. The first kappa shape index (κ1) is 15.0. The number of rotatable bonds is 6. The lowest BCUT2D eigenvalue weighted by atomic mass is 10.0. The van der Waals surface area contributed by atoms with Gasteiger partial charge in [0.1, 0.15) is 0 Å². The van der Waals surface area contributed by atoms with Crippen molar-refractivity contribution >= 4 is 11.8 Å². The molecule has 0 aromatic heterocycles. The lowest BCUT2D eigenvalue weighted by molar-refractivity contribution is -0.148. The Morgan fingerprint density at radius 2 is 1.24 bits per heavy atom. The van der Waals surface area contributed by atoms with Crippen LogP contribution in [-0.4, -0.2) is 16.9 Å². The van der Waals surface area contributed by atoms with Crippen LogP contribution in [0, 0.1) is 6.92 Å². The van der Waals surface area contributed by atoms with Gasteiger partial charge in [0.05, 0.1) is 0 Å². The van der Waals surface area contributed by atoms with E-state index in [1.54, 1.807) is 0 Å². The Hall–Kier alpha value is -2.42. The molecule has 0 amide bonds. The summed E-state index contributed by atoms with van der Waals surface area (Å²) in [6.45, 7) is 2.07. The van der Waals surface area contributed by atoms with Crippen molar-refractivity contribution in [2.24, 2.45) is 0 Å². The average Bonchev–Trinajstić information content (AvgIpc) is 2.48. The molecule has 0 spiro atoms. The molecule has 1 N–H and O–H groups in total. The zero-order chi connectivity index (χ0) is 15.2. The summed E-state index contributed by atoms with van der Waals surface area (Å²) >= 11 is 0. The fourth-order valence-electron chi connectivity index (χ4n) is 2.13. The lowest BCUT2D eigenvalue weighted by Gasteiger charge is -2.04. The van der Waals surface area contributed by atoms with Crippen LogP contribution in [0.5, 0.6) is 0 Å². The standard InChI is InChI=1S/C18H18O3/c1-13-2-4-14(5-3-13)6-7-15-8-10-16(11-9-15)12-17(19)18(20)21/h2-5,8-11H,6-7,12H2,1H3,(H,20,21).